The second kappa shape index (κ2) is 8.08. The fourth-order valence-corrected chi connectivity index (χ4v) is 4.00. The first-order valence-electron chi connectivity index (χ1n) is 9.14. The van der Waals surface area contributed by atoms with Crippen LogP contribution in [0.25, 0.3) is 0 Å². The third-order valence-corrected chi connectivity index (χ3v) is 5.58. The third kappa shape index (κ3) is 4.64. The number of ether oxygens (including phenoxy) is 2. The highest BCUT2D eigenvalue weighted by Crippen LogP contribution is 2.38. The third-order valence-electron chi connectivity index (χ3n) is 4.46. The van der Waals surface area contributed by atoms with Crippen LogP contribution in [0.2, 0.25) is 0 Å². The molecule has 0 fully saturated rings. The molecule has 0 amide bonds. The number of hydrogen-bond donors (Lipinski definition) is 2. The van der Waals surface area contributed by atoms with Crippen LogP contribution in [-0.4, -0.2) is 45.7 Å². The molecule has 9 heteroatoms. The molecule has 8 nitrogen and oxygen atoms in total. The normalized spacial score (nSPS) is 22.5. The quantitative estimate of drug-likeness (QED) is 0.708. The molecular formula is C19H30N4O4S. The van der Waals surface area contributed by atoms with Crippen LogP contribution in [0.4, 0.5) is 0 Å². The molecule has 1 aromatic rings. The van der Waals surface area contributed by atoms with Crippen molar-refractivity contribution in [3.8, 4) is 11.5 Å². The molecule has 1 aromatic carbocycles. The molecule has 1 aliphatic rings. The number of nitrogens with zero attached hydrogens (tertiary/aromatic N) is 2. The highest BCUT2D eigenvalue weighted by molar-refractivity contribution is 7.90. The van der Waals surface area contributed by atoms with E-state index in [-0.39, 0.29) is 28.3 Å². The molecule has 4 N–H and O–H groups in total. The van der Waals surface area contributed by atoms with Gasteiger partial charge >= 0.3 is 0 Å². The zero-order valence-corrected chi connectivity index (χ0v) is 18.1. The molecular weight excluding hydrogens is 380 g/mol. The Kier molecular flexibility index (Phi) is 6.40. The molecule has 2 unspecified atom stereocenters. The molecule has 156 valence electrons. The Bertz CT molecular complexity index is 893. The van der Waals surface area contributed by atoms with Crippen molar-refractivity contribution in [2.45, 2.75) is 56.8 Å². The van der Waals surface area contributed by atoms with Crippen LogP contribution in [0, 0.1) is 5.92 Å². The lowest BCUT2D eigenvalue weighted by Gasteiger charge is -2.35. The first-order chi connectivity index (χ1) is 12.9. The summed E-state index contributed by atoms with van der Waals surface area (Å²) in [6.07, 6.45) is 2.45. The van der Waals surface area contributed by atoms with Gasteiger partial charge in [0.15, 0.2) is 16.1 Å². The topological polar surface area (TPSA) is 129 Å². The molecule has 2 rings (SSSR count). The van der Waals surface area contributed by atoms with Gasteiger partial charge in [0.05, 0.1) is 13.3 Å². The van der Waals surface area contributed by atoms with Crippen molar-refractivity contribution >= 4 is 21.9 Å². The second-order valence-electron chi connectivity index (χ2n) is 7.76. The Hall–Kier alpha value is -2.13. The smallest absolute Gasteiger partial charge is 0.200 e. The Morgan fingerprint density at radius 3 is 2.32 bits per heavy atom. The van der Waals surface area contributed by atoms with E-state index < -0.39 is 21.7 Å². The molecule has 0 saturated carbocycles. The number of methoxy groups -OCH3 is 1. The molecule has 0 radical (unpaired) electrons. The number of rotatable bonds is 7. The van der Waals surface area contributed by atoms with E-state index in [1.807, 2.05) is 27.7 Å². The number of benzene rings is 1. The van der Waals surface area contributed by atoms with E-state index in [1.54, 1.807) is 12.3 Å². The minimum atomic E-state index is -3.54. The highest BCUT2D eigenvalue weighted by atomic mass is 32.2. The van der Waals surface area contributed by atoms with Crippen molar-refractivity contribution in [1.82, 2.24) is 0 Å². The Morgan fingerprint density at radius 1 is 1.21 bits per heavy atom. The van der Waals surface area contributed by atoms with E-state index in [9.17, 15) is 8.42 Å². The number of hydrogen-bond acceptors (Lipinski definition) is 8. The predicted molar refractivity (Wildman–Crippen MR) is 111 cm³/mol. The van der Waals surface area contributed by atoms with Gasteiger partial charge in [0, 0.05) is 24.3 Å². The van der Waals surface area contributed by atoms with Crippen LogP contribution >= 0.6 is 0 Å². The molecule has 0 bridgehead atoms. The molecule has 0 aliphatic carbocycles. The van der Waals surface area contributed by atoms with Crippen LogP contribution in [0.1, 0.15) is 45.6 Å². The van der Waals surface area contributed by atoms with Crippen molar-refractivity contribution in [3.05, 3.63) is 17.7 Å². The number of nitrogens with two attached hydrogens (primary N) is 2. The Labute approximate surface area is 166 Å². The van der Waals surface area contributed by atoms with Crippen LogP contribution in [-0.2, 0) is 9.84 Å². The fourth-order valence-electron chi connectivity index (χ4n) is 3.17. The van der Waals surface area contributed by atoms with Crippen LogP contribution in [0.15, 0.2) is 27.0 Å². The van der Waals surface area contributed by atoms with Crippen molar-refractivity contribution in [1.29, 1.82) is 0 Å². The largest absolute Gasteiger partial charge is 0.495 e. The molecule has 28 heavy (non-hydrogen) atoms. The molecule has 1 aliphatic heterocycles. The first kappa shape index (κ1) is 22.2. The Morgan fingerprint density at radius 2 is 1.86 bits per heavy atom. The minimum absolute atomic E-state index is 0.0501. The van der Waals surface area contributed by atoms with E-state index >= 15 is 0 Å². The van der Waals surface area contributed by atoms with Gasteiger partial charge in [-0.3, -0.25) is 10.7 Å². The van der Waals surface area contributed by atoms with E-state index in [0.717, 1.165) is 11.8 Å². The van der Waals surface area contributed by atoms with Crippen LogP contribution in [0.5, 0.6) is 11.5 Å². The summed E-state index contributed by atoms with van der Waals surface area (Å²) in [5.41, 5.74) is 11.7. The number of amidine groups is 1. The zero-order chi connectivity index (χ0) is 21.3. The summed E-state index contributed by atoms with van der Waals surface area (Å²) in [6.45, 7) is 8.03. The number of sulfone groups is 1. The molecule has 2 atom stereocenters. The summed E-state index contributed by atoms with van der Waals surface area (Å²) in [6, 6.07) is 3.18. The summed E-state index contributed by atoms with van der Waals surface area (Å²) in [5, 5.41) is 0. The lowest BCUT2D eigenvalue weighted by Crippen LogP contribution is -2.54. The van der Waals surface area contributed by atoms with E-state index in [0.29, 0.717) is 12.2 Å². The summed E-state index contributed by atoms with van der Waals surface area (Å²) < 4.78 is 36.2. The standard InChI is InChI=1S/C19H30N4O4S/c1-11(2)9-19(10-22-18(21)23-17(19)20)27-14-8-16(28(6,24)25)15(26-5)7-13(14)12(3)4/h7-8,10-12,18H,9,21H2,1-6H3,(H2,20,23). The van der Waals surface area contributed by atoms with Crippen molar-refractivity contribution < 1.29 is 17.9 Å². The lowest BCUT2D eigenvalue weighted by molar-refractivity contribution is 0.179. The predicted octanol–water partition coefficient (Wildman–Crippen LogP) is 2.07. The molecule has 0 saturated heterocycles. The summed E-state index contributed by atoms with van der Waals surface area (Å²) in [4.78, 5) is 8.40. The highest BCUT2D eigenvalue weighted by Gasteiger charge is 2.40. The first-order valence-corrected chi connectivity index (χ1v) is 11.0. The maximum absolute atomic E-state index is 12.3. The van der Waals surface area contributed by atoms with Crippen molar-refractivity contribution in [2.75, 3.05) is 13.4 Å². The maximum Gasteiger partial charge on any atom is 0.200 e. The Balaban J connectivity index is 2.67. The van der Waals surface area contributed by atoms with E-state index in [1.165, 1.54) is 13.2 Å². The fraction of sp³-hybridized carbons (Fsp3) is 0.579. The van der Waals surface area contributed by atoms with Crippen molar-refractivity contribution in [3.63, 3.8) is 0 Å². The van der Waals surface area contributed by atoms with Gasteiger partial charge in [-0.05, 0) is 17.9 Å². The SMILES string of the molecule is COc1cc(C(C)C)c(OC2(CC(C)C)C=NC(N)N=C2N)cc1S(C)(=O)=O. The molecule has 0 spiro atoms. The summed E-state index contributed by atoms with van der Waals surface area (Å²) >= 11 is 0. The monoisotopic (exact) mass is 410 g/mol. The van der Waals surface area contributed by atoms with Crippen LogP contribution in [0.3, 0.4) is 0 Å². The lowest BCUT2D eigenvalue weighted by atomic mass is 9.90. The van der Waals surface area contributed by atoms with Gasteiger partial charge in [-0.25, -0.2) is 13.4 Å². The average Bonchev–Trinajstić information content (AvgIpc) is 2.56. The van der Waals surface area contributed by atoms with Crippen LogP contribution < -0.4 is 20.9 Å². The maximum atomic E-state index is 12.3. The van der Waals surface area contributed by atoms with Gasteiger partial charge in [-0.1, -0.05) is 27.7 Å². The van der Waals surface area contributed by atoms with E-state index in [4.69, 9.17) is 20.9 Å². The van der Waals surface area contributed by atoms with Gasteiger partial charge in [-0.2, -0.15) is 0 Å². The minimum Gasteiger partial charge on any atom is -0.495 e. The van der Waals surface area contributed by atoms with Gasteiger partial charge in [0.2, 0.25) is 5.60 Å². The summed E-state index contributed by atoms with van der Waals surface area (Å²) in [7, 11) is -2.10. The van der Waals surface area contributed by atoms with Crippen molar-refractivity contribution in [2.24, 2.45) is 27.4 Å². The van der Waals surface area contributed by atoms with Gasteiger partial charge < -0.3 is 15.2 Å². The zero-order valence-electron chi connectivity index (χ0n) is 17.3. The van der Waals surface area contributed by atoms with Gasteiger partial charge in [0.1, 0.15) is 22.2 Å². The summed E-state index contributed by atoms with van der Waals surface area (Å²) in [5.74, 6) is 1.16. The number of aliphatic imine (C=N–C) groups is 2. The molecule has 0 aromatic heterocycles. The average molecular weight is 411 g/mol. The van der Waals surface area contributed by atoms with Gasteiger partial charge in [0.25, 0.3) is 0 Å². The second-order valence-corrected chi connectivity index (χ2v) is 9.75. The van der Waals surface area contributed by atoms with Gasteiger partial charge in [-0.15, -0.1) is 0 Å². The van der Waals surface area contributed by atoms with E-state index in [2.05, 4.69) is 9.98 Å². The molecule has 1 heterocycles.